The number of hydrogen-bond donors (Lipinski definition) is 1. The molecule has 4 nitrogen and oxygen atoms in total. The van der Waals surface area contributed by atoms with Gasteiger partial charge in [-0.3, -0.25) is 5.32 Å². The van der Waals surface area contributed by atoms with Gasteiger partial charge in [0.1, 0.15) is 0 Å². The first-order valence-electron chi connectivity index (χ1n) is 11.4. The lowest BCUT2D eigenvalue weighted by atomic mass is 9.79. The van der Waals surface area contributed by atoms with Crippen LogP contribution < -0.4 is 5.32 Å². The van der Waals surface area contributed by atoms with Gasteiger partial charge in [0, 0.05) is 6.42 Å². The summed E-state index contributed by atoms with van der Waals surface area (Å²) in [6.45, 7) is 0.961. The van der Waals surface area contributed by atoms with Gasteiger partial charge in [0.15, 0.2) is 0 Å². The molecular weight excluding hydrogens is 495 g/mol. The first-order valence-corrected chi connectivity index (χ1v) is 11.4. The molecule has 11 heteroatoms. The molecule has 0 unspecified atom stereocenters. The van der Waals surface area contributed by atoms with Crippen LogP contribution >= 0.6 is 0 Å². The van der Waals surface area contributed by atoms with Gasteiger partial charge in [0.2, 0.25) is 5.67 Å². The molecule has 0 saturated carbocycles. The molecule has 0 aliphatic carbocycles. The number of nitrogens with one attached hydrogen (secondary N) is 1. The molecule has 0 spiro atoms. The molecule has 2 bridgehead atoms. The fraction of sp³-hybridized carbons (Fsp3) is 0.480. The van der Waals surface area contributed by atoms with Crippen molar-refractivity contribution in [1.29, 1.82) is 0 Å². The number of fused-ring (bicyclic) bond motifs is 2. The maximum Gasteiger partial charge on any atom is 0.416 e. The first kappa shape index (κ1) is 26.4. The van der Waals surface area contributed by atoms with Crippen molar-refractivity contribution in [2.75, 3.05) is 6.61 Å². The van der Waals surface area contributed by atoms with E-state index in [1.165, 1.54) is 0 Å². The van der Waals surface area contributed by atoms with Gasteiger partial charge < -0.3 is 9.47 Å². The normalized spacial score (nSPS) is 28.2. The summed E-state index contributed by atoms with van der Waals surface area (Å²) in [5, 5.41) is 3.15. The molecule has 4 rings (SSSR count). The number of alkyl halides is 7. The maximum atomic E-state index is 16.0. The van der Waals surface area contributed by atoms with Crippen molar-refractivity contribution < 1.29 is 45.0 Å². The van der Waals surface area contributed by atoms with Crippen LogP contribution in [0.25, 0.3) is 0 Å². The summed E-state index contributed by atoms with van der Waals surface area (Å²) >= 11 is 0. The summed E-state index contributed by atoms with van der Waals surface area (Å²) in [5.41, 5.74) is -6.23. The Hall–Kier alpha value is -2.66. The van der Waals surface area contributed by atoms with Gasteiger partial charge in [-0.1, -0.05) is 30.3 Å². The summed E-state index contributed by atoms with van der Waals surface area (Å²) in [7, 11) is 0. The number of benzene rings is 2. The van der Waals surface area contributed by atoms with Crippen LogP contribution in [-0.4, -0.2) is 30.4 Å². The Bertz CT molecular complexity index is 1070. The van der Waals surface area contributed by atoms with Gasteiger partial charge in [-0.05, 0) is 49.1 Å². The third kappa shape index (κ3) is 4.82. The zero-order valence-electron chi connectivity index (χ0n) is 19.2. The molecule has 2 fully saturated rings. The number of halogens is 7. The van der Waals surface area contributed by atoms with Crippen LogP contribution in [0.3, 0.4) is 0 Å². The molecule has 36 heavy (non-hydrogen) atoms. The first-order chi connectivity index (χ1) is 16.8. The predicted molar refractivity (Wildman–Crippen MR) is 114 cm³/mol. The van der Waals surface area contributed by atoms with Crippen molar-refractivity contribution in [1.82, 2.24) is 5.32 Å². The molecule has 2 heterocycles. The topological polar surface area (TPSA) is 47.6 Å². The summed E-state index contributed by atoms with van der Waals surface area (Å²) in [5.74, 6) is -1.02. The second kappa shape index (κ2) is 9.33. The van der Waals surface area contributed by atoms with E-state index in [0.717, 1.165) is 0 Å². The minimum absolute atomic E-state index is 0.0213. The highest BCUT2D eigenvalue weighted by molar-refractivity contribution is 5.82. The van der Waals surface area contributed by atoms with E-state index in [1.807, 2.05) is 0 Å². The summed E-state index contributed by atoms with van der Waals surface area (Å²) in [4.78, 5) is 12.5. The van der Waals surface area contributed by atoms with Gasteiger partial charge in [-0.15, -0.1) is 0 Å². The zero-order chi connectivity index (χ0) is 26.4. The van der Waals surface area contributed by atoms with Crippen LogP contribution in [0.1, 0.15) is 48.4 Å². The van der Waals surface area contributed by atoms with Crippen LogP contribution in [0, 0.1) is 0 Å². The van der Waals surface area contributed by atoms with Crippen molar-refractivity contribution >= 4 is 5.97 Å². The van der Waals surface area contributed by atoms with Crippen molar-refractivity contribution in [3.8, 4) is 0 Å². The van der Waals surface area contributed by atoms with Gasteiger partial charge in [-0.2, -0.15) is 26.3 Å². The van der Waals surface area contributed by atoms with Crippen molar-refractivity contribution in [2.45, 2.75) is 68.5 Å². The number of hydrogen-bond acceptors (Lipinski definition) is 4. The van der Waals surface area contributed by atoms with Crippen molar-refractivity contribution in [2.24, 2.45) is 0 Å². The molecule has 2 aliphatic heterocycles. The highest BCUT2D eigenvalue weighted by atomic mass is 19.4. The summed E-state index contributed by atoms with van der Waals surface area (Å²) in [6.07, 6.45) is -10.8. The van der Waals surface area contributed by atoms with Gasteiger partial charge in [0.05, 0.1) is 42.0 Å². The molecule has 0 aromatic heterocycles. The second-order valence-corrected chi connectivity index (χ2v) is 9.09. The molecule has 2 aliphatic rings. The number of ether oxygens (including phenoxy) is 2. The number of esters is 1. The third-order valence-electron chi connectivity index (χ3n) is 6.79. The molecule has 2 saturated heterocycles. The average Bonchev–Trinajstić information content (AvgIpc) is 3.07. The largest absolute Gasteiger partial charge is 0.464 e. The van der Waals surface area contributed by atoms with Crippen molar-refractivity contribution in [3.05, 3.63) is 70.8 Å². The fourth-order valence-corrected chi connectivity index (χ4v) is 5.17. The van der Waals surface area contributed by atoms with Crippen LogP contribution in [0.2, 0.25) is 0 Å². The number of carbonyl (C=O) groups excluding carboxylic acids is 1. The van der Waals surface area contributed by atoms with Crippen LogP contribution in [0.15, 0.2) is 48.5 Å². The average molecular weight is 519 g/mol. The summed E-state index contributed by atoms with van der Waals surface area (Å²) < 4.78 is 106. The second-order valence-electron chi connectivity index (χ2n) is 9.09. The molecule has 2 aromatic carbocycles. The number of rotatable bonds is 6. The lowest BCUT2D eigenvalue weighted by Gasteiger charge is -2.42. The van der Waals surface area contributed by atoms with Crippen LogP contribution in [0.5, 0.6) is 0 Å². The molecule has 1 N–H and O–H groups in total. The number of piperidine rings is 1. The SMILES string of the molecule is CCOC(=O)[C@]1(F)C[C@]2(c3ccccc3)N[C@H]1CC[C@H]2OCc1cc(C(F)(F)F)cc(C(F)(F)F)c1. The van der Waals surface area contributed by atoms with Gasteiger partial charge in [0.25, 0.3) is 0 Å². The minimum atomic E-state index is -4.99. The van der Waals surface area contributed by atoms with Crippen LogP contribution in [-0.2, 0) is 38.8 Å². The molecule has 2 aromatic rings. The van der Waals surface area contributed by atoms with E-state index in [4.69, 9.17) is 9.47 Å². The monoisotopic (exact) mass is 519 g/mol. The smallest absolute Gasteiger partial charge is 0.416 e. The fourth-order valence-electron chi connectivity index (χ4n) is 5.17. The maximum absolute atomic E-state index is 16.0. The lowest BCUT2D eigenvalue weighted by molar-refractivity contribution is -0.158. The standard InChI is InChI=1S/C25H24F7NO3/c1-2-35-21(34)22(26)14-23(16-6-4-3-5-7-16)20(9-8-19(22)33-23)36-13-15-10-17(24(27,28)29)12-18(11-15)25(30,31)32/h3-7,10-12,19-20,33H,2,8-9,13-14H2,1H3/t19-,20+,22-,23+/m0/s1. The van der Waals surface area contributed by atoms with Crippen LogP contribution in [0.4, 0.5) is 30.7 Å². The van der Waals surface area contributed by atoms with Gasteiger partial charge in [-0.25, -0.2) is 9.18 Å². The van der Waals surface area contributed by atoms with E-state index < -0.39 is 59.4 Å². The Morgan fingerprint density at radius 2 is 1.61 bits per heavy atom. The Kier molecular flexibility index (Phi) is 6.85. The van der Waals surface area contributed by atoms with Gasteiger partial charge >= 0.3 is 18.3 Å². The Labute approximate surface area is 202 Å². The quantitative estimate of drug-likeness (QED) is 0.380. The molecular formula is C25H24F7NO3. The Balaban J connectivity index is 1.67. The predicted octanol–water partition coefficient (Wildman–Crippen LogP) is 5.93. The van der Waals surface area contributed by atoms with E-state index in [-0.39, 0.29) is 37.5 Å². The Morgan fingerprint density at radius 3 is 2.17 bits per heavy atom. The van der Waals surface area contributed by atoms with E-state index in [1.54, 1.807) is 37.3 Å². The third-order valence-corrected chi connectivity index (χ3v) is 6.79. The van der Waals surface area contributed by atoms with E-state index in [9.17, 15) is 31.1 Å². The molecule has 0 amide bonds. The number of carbonyl (C=O) groups is 1. The van der Waals surface area contributed by atoms with Crippen molar-refractivity contribution in [3.63, 3.8) is 0 Å². The minimum Gasteiger partial charge on any atom is -0.464 e. The highest BCUT2D eigenvalue weighted by Crippen LogP contribution is 2.51. The van der Waals surface area contributed by atoms with E-state index in [0.29, 0.717) is 17.7 Å². The Morgan fingerprint density at radius 1 is 1.00 bits per heavy atom. The van der Waals surface area contributed by atoms with E-state index >= 15 is 4.39 Å². The molecule has 196 valence electrons. The lowest BCUT2D eigenvalue weighted by Crippen LogP contribution is -2.55. The molecule has 0 radical (unpaired) electrons. The highest BCUT2D eigenvalue weighted by Gasteiger charge is 2.65. The zero-order valence-corrected chi connectivity index (χ0v) is 19.2. The summed E-state index contributed by atoms with van der Waals surface area (Å²) in [6, 6.07) is 8.93. The van der Waals surface area contributed by atoms with E-state index in [2.05, 4.69) is 5.32 Å². The molecule has 4 atom stereocenters.